The van der Waals surface area contributed by atoms with Gasteiger partial charge in [0.1, 0.15) is 5.60 Å². The van der Waals surface area contributed by atoms with E-state index in [9.17, 15) is 26.4 Å². The first-order valence-corrected chi connectivity index (χ1v) is 13.9. The summed E-state index contributed by atoms with van der Waals surface area (Å²) in [6.45, 7) is 2.44. The van der Waals surface area contributed by atoms with E-state index in [2.05, 4.69) is 0 Å². The van der Waals surface area contributed by atoms with Gasteiger partial charge in [0.05, 0.1) is 24.0 Å². The number of amides is 1. The average Bonchev–Trinajstić information content (AvgIpc) is 3.59. The van der Waals surface area contributed by atoms with Crippen LogP contribution in [-0.4, -0.2) is 96.9 Å². The molecule has 1 N–H and O–H groups in total. The van der Waals surface area contributed by atoms with E-state index in [-0.39, 0.29) is 17.9 Å². The lowest BCUT2D eigenvalue weighted by Gasteiger charge is -2.45. The third-order valence-corrected chi connectivity index (χ3v) is 9.45. The molecule has 4 rings (SSSR count). The van der Waals surface area contributed by atoms with Crippen LogP contribution in [0.5, 0.6) is 0 Å². The van der Waals surface area contributed by atoms with Gasteiger partial charge < -0.3 is 14.7 Å². The van der Waals surface area contributed by atoms with Gasteiger partial charge in [0.25, 0.3) is 0 Å². The standard InChI is InChI=1S/C23H31ClF3N3O5S/c24-17-4-6-19(7-5-17)36(33,34)30-18(16-23(25,26)27)2-1-3-20(30)22(8-9-22)35-21(32)29-12-10-28(11-13-29)14-15-31/h4-7,18,20,31H,1-3,8-16H2/t18-,20+/m0/s1. The fourth-order valence-corrected chi connectivity index (χ4v) is 7.32. The van der Waals surface area contributed by atoms with Gasteiger partial charge in [-0.2, -0.15) is 17.5 Å². The summed E-state index contributed by atoms with van der Waals surface area (Å²) in [6, 6.07) is 3.16. The summed E-state index contributed by atoms with van der Waals surface area (Å²) in [5, 5.41) is 9.41. The van der Waals surface area contributed by atoms with Gasteiger partial charge in [-0.15, -0.1) is 0 Å². The summed E-state index contributed by atoms with van der Waals surface area (Å²) in [5.41, 5.74) is -1.15. The number of benzene rings is 1. The number of halogens is 4. The number of nitrogens with zero attached hydrogens (tertiary/aromatic N) is 3. The molecule has 1 aliphatic carbocycles. The van der Waals surface area contributed by atoms with Crippen molar-refractivity contribution in [2.45, 2.75) is 67.3 Å². The van der Waals surface area contributed by atoms with Gasteiger partial charge in [-0.25, -0.2) is 13.2 Å². The van der Waals surface area contributed by atoms with E-state index in [0.717, 1.165) is 4.31 Å². The number of alkyl halides is 3. The first-order valence-electron chi connectivity index (χ1n) is 12.1. The van der Waals surface area contributed by atoms with E-state index in [1.165, 1.54) is 29.2 Å². The normalized spacial score (nSPS) is 25.5. The quantitative estimate of drug-likeness (QED) is 0.556. The lowest BCUT2D eigenvalue weighted by Crippen LogP contribution is -2.58. The molecule has 0 spiro atoms. The Kier molecular flexibility index (Phi) is 8.11. The number of hydrogen-bond donors (Lipinski definition) is 1. The van der Waals surface area contributed by atoms with Crippen LogP contribution in [0.4, 0.5) is 18.0 Å². The van der Waals surface area contributed by atoms with Crippen molar-refractivity contribution < 1.29 is 36.2 Å². The van der Waals surface area contributed by atoms with Crippen LogP contribution in [0, 0.1) is 0 Å². The van der Waals surface area contributed by atoms with Crippen LogP contribution >= 0.6 is 11.6 Å². The van der Waals surface area contributed by atoms with Crippen molar-refractivity contribution in [2.24, 2.45) is 0 Å². The summed E-state index contributed by atoms with van der Waals surface area (Å²) in [6.07, 6.45) is -4.86. The highest BCUT2D eigenvalue weighted by Crippen LogP contribution is 2.51. The van der Waals surface area contributed by atoms with E-state index in [0.29, 0.717) is 63.4 Å². The Bertz CT molecular complexity index is 1030. The minimum Gasteiger partial charge on any atom is -0.441 e. The Morgan fingerprint density at radius 1 is 1.11 bits per heavy atom. The van der Waals surface area contributed by atoms with Crippen LogP contribution in [0.1, 0.15) is 38.5 Å². The molecule has 1 aromatic rings. The van der Waals surface area contributed by atoms with Crippen LogP contribution in [0.25, 0.3) is 0 Å². The second-order valence-electron chi connectivity index (χ2n) is 9.69. The van der Waals surface area contributed by atoms with E-state index < -0.39 is 46.4 Å². The topological polar surface area (TPSA) is 90.4 Å². The largest absolute Gasteiger partial charge is 0.441 e. The monoisotopic (exact) mass is 553 g/mol. The summed E-state index contributed by atoms with van der Waals surface area (Å²) in [7, 11) is -4.33. The number of sulfonamides is 1. The van der Waals surface area contributed by atoms with E-state index in [1.807, 2.05) is 4.90 Å². The first kappa shape index (κ1) is 27.4. The predicted molar refractivity (Wildman–Crippen MR) is 126 cm³/mol. The second-order valence-corrected chi connectivity index (χ2v) is 12.0. The van der Waals surface area contributed by atoms with Gasteiger partial charge in [0.2, 0.25) is 10.0 Å². The van der Waals surface area contributed by atoms with Gasteiger partial charge in [0.15, 0.2) is 0 Å². The average molecular weight is 554 g/mol. The zero-order valence-corrected chi connectivity index (χ0v) is 21.4. The van der Waals surface area contributed by atoms with E-state index in [4.69, 9.17) is 21.4 Å². The maximum atomic E-state index is 13.7. The molecule has 0 unspecified atom stereocenters. The molecule has 2 atom stereocenters. The lowest BCUT2D eigenvalue weighted by molar-refractivity contribution is -0.150. The van der Waals surface area contributed by atoms with Gasteiger partial charge >= 0.3 is 12.3 Å². The molecule has 1 saturated carbocycles. The molecule has 1 aromatic carbocycles. The number of rotatable bonds is 7. The SMILES string of the molecule is O=C(OC1([C@H]2CCC[C@@H](CC(F)(F)F)N2S(=O)(=O)c2ccc(Cl)cc2)CC1)N1CCN(CCO)CC1. The summed E-state index contributed by atoms with van der Waals surface area (Å²) in [4.78, 5) is 16.4. The molecule has 13 heteroatoms. The van der Waals surface area contributed by atoms with E-state index in [1.54, 1.807) is 0 Å². The highest BCUT2D eigenvalue weighted by atomic mass is 35.5. The number of carbonyl (C=O) groups is 1. The maximum absolute atomic E-state index is 13.7. The molecule has 3 fully saturated rings. The van der Waals surface area contributed by atoms with Crippen molar-refractivity contribution in [1.82, 2.24) is 14.1 Å². The summed E-state index contributed by atoms with van der Waals surface area (Å²) >= 11 is 5.90. The Balaban J connectivity index is 1.58. The van der Waals surface area contributed by atoms with Gasteiger partial charge in [0, 0.05) is 43.8 Å². The Morgan fingerprint density at radius 3 is 2.31 bits per heavy atom. The first-order chi connectivity index (χ1) is 16.9. The van der Waals surface area contributed by atoms with Crippen LogP contribution in [0.3, 0.4) is 0 Å². The van der Waals surface area contributed by atoms with Crippen molar-refractivity contribution in [1.29, 1.82) is 0 Å². The number of piperazine rings is 1. The molecular formula is C23H31ClF3N3O5S. The molecule has 2 heterocycles. The Hall–Kier alpha value is -1.60. The lowest BCUT2D eigenvalue weighted by atomic mass is 9.92. The highest BCUT2D eigenvalue weighted by molar-refractivity contribution is 7.89. The maximum Gasteiger partial charge on any atom is 0.410 e. The van der Waals surface area contributed by atoms with Gasteiger partial charge in [-0.05, 0) is 49.9 Å². The summed E-state index contributed by atoms with van der Waals surface area (Å²) < 4.78 is 74.7. The van der Waals surface area contributed by atoms with Crippen LogP contribution < -0.4 is 0 Å². The number of aliphatic hydroxyl groups is 1. The molecule has 0 aromatic heterocycles. The second kappa shape index (κ2) is 10.6. The number of carbonyl (C=O) groups excluding carboxylic acids is 1. The smallest absolute Gasteiger partial charge is 0.410 e. The number of aliphatic hydroxyl groups excluding tert-OH is 1. The van der Waals surface area contributed by atoms with Crippen molar-refractivity contribution in [2.75, 3.05) is 39.3 Å². The molecule has 36 heavy (non-hydrogen) atoms. The molecule has 3 aliphatic rings. The zero-order valence-electron chi connectivity index (χ0n) is 19.8. The predicted octanol–water partition coefficient (Wildman–Crippen LogP) is 3.48. The molecule has 0 bridgehead atoms. The molecule has 1 amide bonds. The van der Waals surface area contributed by atoms with Gasteiger partial charge in [-0.1, -0.05) is 18.0 Å². The van der Waals surface area contributed by atoms with Crippen molar-refractivity contribution in [3.63, 3.8) is 0 Å². The number of piperidine rings is 1. The van der Waals surface area contributed by atoms with Crippen molar-refractivity contribution >= 4 is 27.7 Å². The highest BCUT2D eigenvalue weighted by Gasteiger charge is 2.60. The summed E-state index contributed by atoms with van der Waals surface area (Å²) in [5.74, 6) is 0. The van der Waals surface area contributed by atoms with Crippen molar-refractivity contribution in [3.05, 3.63) is 29.3 Å². The number of ether oxygens (including phenoxy) is 1. The molecule has 2 saturated heterocycles. The molecule has 8 nitrogen and oxygen atoms in total. The Morgan fingerprint density at radius 2 is 1.75 bits per heavy atom. The van der Waals surface area contributed by atoms with Crippen molar-refractivity contribution in [3.8, 4) is 0 Å². The molecule has 2 aliphatic heterocycles. The molecule has 0 radical (unpaired) electrons. The van der Waals surface area contributed by atoms with E-state index >= 15 is 0 Å². The molecular weight excluding hydrogens is 523 g/mol. The van der Waals surface area contributed by atoms with Crippen LogP contribution in [0.2, 0.25) is 5.02 Å². The Labute approximate surface area is 214 Å². The fraction of sp³-hybridized carbons (Fsp3) is 0.696. The van der Waals surface area contributed by atoms with Gasteiger partial charge in [-0.3, -0.25) is 4.90 Å². The minimum absolute atomic E-state index is 0.0201. The van der Waals surface area contributed by atoms with Crippen LogP contribution in [-0.2, 0) is 14.8 Å². The molecule has 202 valence electrons. The fourth-order valence-electron chi connectivity index (χ4n) is 5.26. The number of β-amino-alcohol motifs (C(OH)–C–C–N with tert-alkyl or cyclic N) is 1. The van der Waals surface area contributed by atoms with Crippen LogP contribution in [0.15, 0.2) is 29.2 Å². The zero-order chi connectivity index (χ0) is 26.1. The number of hydrogen-bond acceptors (Lipinski definition) is 6. The third-order valence-electron chi connectivity index (χ3n) is 7.23. The third kappa shape index (κ3) is 6.09. The minimum atomic E-state index is -4.55.